The van der Waals surface area contributed by atoms with Crippen LogP contribution in [0.2, 0.25) is 0 Å². The third kappa shape index (κ3) is 9.49. The smallest absolute Gasteiger partial charge is 0.164 e. The maximum absolute atomic E-state index is 5.68. The predicted octanol–water partition coefficient (Wildman–Crippen LogP) is 15.6. The highest BCUT2D eigenvalue weighted by atomic mass is 15.1. The Morgan fingerprint density at radius 2 is 1.05 bits per heavy atom. The molecule has 3 heterocycles. The average molecular weight is 844 g/mol. The van der Waals surface area contributed by atoms with Gasteiger partial charge >= 0.3 is 0 Å². The molecule has 0 radical (unpaired) electrons. The molecule has 0 saturated heterocycles. The predicted molar refractivity (Wildman–Crippen MR) is 276 cm³/mol. The van der Waals surface area contributed by atoms with Crippen molar-refractivity contribution in [2.45, 2.75) is 34.6 Å². The summed E-state index contributed by atoms with van der Waals surface area (Å²) in [6.07, 6.45) is 14.1. The minimum atomic E-state index is 0.624. The monoisotopic (exact) mass is 843 g/mol. The topological polar surface area (TPSA) is 46.8 Å². The fraction of sp³-hybridized carbons (Fsp3) is 0.117. The number of terminal acetylenes is 1. The SMILES string of the molecule is C#Cc1ccc(N2C/C=C\C=C/C(=C)c3cc(-c4ccc5c6ccccc6n(-c6ccc(-c7nc(-c8ccccc8)nc(-c8ccccc8)n7)cc6)c5c4)ccc32)cc1.CC.CC(C)C. The molecule has 0 N–H and O–H groups in total. The molecule has 1 aliphatic heterocycles. The van der Waals surface area contributed by atoms with Crippen LogP contribution < -0.4 is 4.90 Å². The van der Waals surface area contributed by atoms with Crippen molar-refractivity contribution in [1.29, 1.82) is 0 Å². The fourth-order valence-corrected chi connectivity index (χ4v) is 7.92. The molecule has 318 valence electrons. The highest BCUT2D eigenvalue weighted by Crippen LogP contribution is 2.39. The molecule has 10 rings (SSSR count). The lowest BCUT2D eigenvalue weighted by molar-refractivity contribution is 0.737. The molecular weight excluding hydrogens is 791 g/mol. The molecule has 7 aromatic carbocycles. The van der Waals surface area contributed by atoms with Crippen LogP contribution in [0.5, 0.6) is 0 Å². The Balaban J connectivity index is 0.000000912. The van der Waals surface area contributed by atoms with E-state index in [1.807, 2.05) is 86.6 Å². The van der Waals surface area contributed by atoms with Crippen LogP contribution in [0, 0.1) is 18.3 Å². The summed E-state index contributed by atoms with van der Waals surface area (Å²) in [6.45, 7) is 15.7. The largest absolute Gasteiger partial charge is 0.337 e. The van der Waals surface area contributed by atoms with E-state index in [4.69, 9.17) is 21.4 Å². The number of fused-ring (bicyclic) bond motifs is 4. The molecule has 0 amide bonds. The number of allylic oxidation sites excluding steroid dienone is 4. The molecule has 0 atom stereocenters. The molecule has 0 spiro atoms. The van der Waals surface area contributed by atoms with E-state index in [-0.39, 0.29) is 0 Å². The summed E-state index contributed by atoms with van der Waals surface area (Å²) in [6, 6.07) is 58.9. The van der Waals surface area contributed by atoms with Gasteiger partial charge in [-0.15, -0.1) is 6.42 Å². The van der Waals surface area contributed by atoms with E-state index in [0.29, 0.717) is 24.0 Å². The van der Waals surface area contributed by atoms with Gasteiger partial charge in [0.1, 0.15) is 0 Å². The lowest BCUT2D eigenvalue weighted by Crippen LogP contribution is -2.18. The van der Waals surface area contributed by atoms with E-state index in [1.165, 1.54) is 10.8 Å². The number of hydrogen-bond acceptors (Lipinski definition) is 4. The number of anilines is 2. The van der Waals surface area contributed by atoms with Crippen LogP contribution in [0.15, 0.2) is 201 Å². The zero-order chi connectivity index (χ0) is 45.3. The Kier molecular flexibility index (Phi) is 13.4. The second-order valence-electron chi connectivity index (χ2n) is 16.2. The lowest BCUT2D eigenvalue weighted by atomic mass is 9.96. The van der Waals surface area contributed by atoms with Crippen LogP contribution in [0.1, 0.15) is 45.7 Å². The number of para-hydroxylation sites is 1. The maximum Gasteiger partial charge on any atom is 0.164 e. The summed E-state index contributed by atoms with van der Waals surface area (Å²) in [7, 11) is 0. The molecule has 9 aromatic rings. The van der Waals surface area contributed by atoms with E-state index in [9.17, 15) is 0 Å². The number of rotatable bonds is 6. The van der Waals surface area contributed by atoms with Crippen LogP contribution >= 0.6 is 0 Å². The van der Waals surface area contributed by atoms with Crippen molar-refractivity contribution < 1.29 is 0 Å². The minimum absolute atomic E-state index is 0.624. The standard InChI is InChI=1S/C54H37N5.C4H10.C2H6/c1-3-38-22-28-44(29-23-38)58-34-14-6-7-15-37(2)48-35-42(27-33-49(48)58)43-26-32-47-46-20-12-13-21-50(46)59(51(47)36-43)45-30-24-41(25-31-45)54-56-52(39-16-8-4-9-17-39)55-53(57-54)40-18-10-5-11-19-40;1-4(2)3;1-2/h1,4-33,35-36H,2,34H2;4H,1-3H3;1-2H3/b14-6-,15-7-;;. The van der Waals surface area contributed by atoms with Crippen LogP contribution in [0.25, 0.3) is 78.4 Å². The minimum Gasteiger partial charge on any atom is -0.337 e. The van der Waals surface area contributed by atoms with E-state index in [1.54, 1.807) is 0 Å². The fourth-order valence-electron chi connectivity index (χ4n) is 7.92. The first-order chi connectivity index (χ1) is 31.8. The molecule has 0 unspecified atom stereocenters. The van der Waals surface area contributed by atoms with Crippen molar-refractivity contribution in [3.8, 4) is 63.3 Å². The van der Waals surface area contributed by atoms with E-state index >= 15 is 0 Å². The Labute approximate surface area is 383 Å². The maximum atomic E-state index is 5.68. The van der Waals surface area contributed by atoms with Gasteiger partial charge in [-0.3, -0.25) is 0 Å². The van der Waals surface area contributed by atoms with Gasteiger partial charge < -0.3 is 9.47 Å². The Hall–Kier alpha value is -8.07. The van der Waals surface area contributed by atoms with Gasteiger partial charge in [0, 0.05) is 62.2 Å². The third-order valence-electron chi connectivity index (χ3n) is 10.9. The number of aromatic nitrogens is 4. The molecule has 65 heavy (non-hydrogen) atoms. The van der Waals surface area contributed by atoms with E-state index in [2.05, 4.69) is 164 Å². The second kappa shape index (κ2) is 20.0. The average Bonchev–Trinajstić information content (AvgIpc) is 3.72. The molecule has 5 heteroatoms. The molecule has 0 aliphatic carbocycles. The summed E-state index contributed by atoms with van der Waals surface area (Å²) < 4.78 is 2.35. The normalized spacial score (nSPS) is 13.0. The first-order valence-electron chi connectivity index (χ1n) is 22.4. The first kappa shape index (κ1) is 43.6. The Morgan fingerprint density at radius 1 is 0.538 bits per heavy atom. The summed E-state index contributed by atoms with van der Waals surface area (Å²) in [4.78, 5) is 17.1. The summed E-state index contributed by atoms with van der Waals surface area (Å²) >= 11 is 0. The van der Waals surface area contributed by atoms with Gasteiger partial charge in [-0.2, -0.15) is 0 Å². The lowest BCUT2D eigenvalue weighted by Gasteiger charge is -2.27. The van der Waals surface area contributed by atoms with Crippen molar-refractivity contribution >= 4 is 38.8 Å². The molecule has 0 saturated carbocycles. The van der Waals surface area contributed by atoms with Crippen LogP contribution in [-0.4, -0.2) is 26.1 Å². The van der Waals surface area contributed by atoms with Crippen LogP contribution in [0.4, 0.5) is 11.4 Å². The van der Waals surface area contributed by atoms with Crippen molar-refractivity contribution in [2.24, 2.45) is 5.92 Å². The zero-order valence-corrected chi connectivity index (χ0v) is 37.8. The van der Waals surface area contributed by atoms with Gasteiger partial charge in [-0.25, -0.2) is 15.0 Å². The van der Waals surface area contributed by atoms with Crippen LogP contribution in [-0.2, 0) is 0 Å². The van der Waals surface area contributed by atoms with E-state index in [0.717, 1.165) is 78.5 Å². The summed E-state index contributed by atoms with van der Waals surface area (Å²) in [5.41, 5.74) is 13.4. The molecule has 5 nitrogen and oxygen atoms in total. The van der Waals surface area contributed by atoms with Gasteiger partial charge in [0.2, 0.25) is 0 Å². The second-order valence-corrected chi connectivity index (χ2v) is 16.2. The molecule has 2 aromatic heterocycles. The summed E-state index contributed by atoms with van der Waals surface area (Å²) in [5.74, 6) is 5.47. The quantitative estimate of drug-likeness (QED) is 0.156. The molecule has 1 aliphatic rings. The van der Waals surface area contributed by atoms with Crippen molar-refractivity contribution in [1.82, 2.24) is 19.5 Å². The summed E-state index contributed by atoms with van der Waals surface area (Å²) in [5, 5.41) is 2.39. The Bertz CT molecular complexity index is 3120. The molecular formula is C60H53N5. The van der Waals surface area contributed by atoms with Gasteiger partial charge in [-0.1, -0.05) is 168 Å². The van der Waals surface area contributed by atoms with Gasteiger partial charge in [-0.05, 0) is 95.4 Å². The van der Waals surface area contributed by atoms with Crippen molar-refractivity contribution in [2.75, 3.05) is 11.4 Å². The highest BCUT2D eigenvalue weighted by molar-refractivity contribution is 6.10. The number of hydrogen-bond donors (Lipinski definition) is 0. The van der Waals surface area contributed by atoms with E-state index < -0.39 is 0 Å². The highest BCUT2D eigenvalue weighted by Gasteiger charge is 2.19. The molecule has 0 bridgehead atoms. The van der Waals surface area contributed by atoms with Crippen molar-refractivity contribution in [3.05, 3.63) is 212 Å². The Morgan fingerprint density at radius 3 is 1.66 bits per heavy atom. The number of benzene rings is 7. The zero-order valence-electron chi connectivity index (χ0n) is 37.8. The van der Waals surface area contributed by atoms with Crippen LogP contribution in [0.3, 0.4) is 0 Å². The van der Waals surface area contributed by atoms with Crippen molar-refractivity contribution in [3.63, 3.8) is 0 Å². The first-order valence-corrected chi connectivity index (χ1v) is 22.4. The van der Waals surface area contributed by atoms with Gasteiger partial charge in [0.25, 0.3) is 0 Å². The third-order valence-corrected chi connectivity index (χ3v) is 10.9. The molecule has 0 fully saturated rings. The number of nitrogens with zero attached hydrogens (tertiary/aromatic N) is 5. The van der Waals surface area contributed by atoms with Gasteiger partial charge in [0.15, 0.2) is 17.5 Å². The van der Waals surface area contributed by atoms with Gasteiger partial charge in [0.05, 0.1) is 11.0 Å².